The molecule has 31 heavy (non-hydrogen) atoms. The van der Waals surface area contributed by atoms with E-state index < -0.39 is 0 Å². The number of carbonyl (C=O) groups excluding carboxylic acids is 1. The van der Waals surface area contributed by atoms with Crippen LogP contribution < -0.4 is 5.32 Å². The normalized spacial score (nSPS) is 10.9. The summed E-state index contributed by atoms with van der Waals surface area (Å²) in [6, 6.07) is 16.5. The molecule has 0 aliphatic carbocycles. The van der Waals surface area contributed by atoms with E-state index in [2.05, 4.69) is 15.5 Å². The minimum absolute atomic E-state index is 0.160. The summed E-state index contributed by atoms with van der Waals surface area (Å²) in [5, 5.41) is 13.4. The summed E-state index contributed by atoms with van der Waals surface area (Å²) in [6.45, 7) is 2.29. The van der Waals surface area contributed by atoms with Gasteiger partial charge in [-0.3, -0.25) is 9.36 Å². The maximum atomic E-state index is 12.5. The first kappa shape index (κ1) is 21.5. The molecule has 1 amide bonds. The van der Waals surface area contributed by atoms with Crippen LogP contribution >= 0.6 is 35.0 Å². The van der Waals surface area contributed by atoms with Crippen molar-refractivity contribution >= 4 is 46.6 Å². The molecule has 0 saturated carbocycles. The molecule has 4 rings (SSSR count). The second-order valence-corrected chi connectivity index (χ2v) is 8.52. The van der Waals surface area contributed by atoms with Crippen LogP contribution in [0.1, 0.15) is 11.3 Å². The molecule has 0 bridgehead atoms. The van der Waals surface area contributed by atoms with E-state index in [0.29, 0.717) is 33.3 Å². The third kappa shape index (κ3) is 5.12. The number of thioether (sulfide) groups is 1. The number of halogens is 2. The fourth-order valence-corrected chi connectivity index (χ4v) is 4.10. The topological polar surface area (TPSA) is 73.0 Å². The summed E-state index contributed by atoms with van der Waals surface area (Å²) in [5.74, 6) is 1.40. The van der Waals surface area contributed by atoms with Gasteiger partial charge >= 0.3 is 0 Å². The molecule has 2 aromatic carbocycles. The van der Waals surface area contributed by atoms with Gasteiger partial charge in [0, 0.05) is 21.3 Å². The Morgan fingerprint density at radius 3 is 2.74 bits per heavy atom. The van der Waals surface area contributed by atoms with Crippen LogP contribution in [0.2, 0.25) is 10.0 Å². The molecule has 1 N–H and O–H groups in total. The highest BCUT2D eigenvalue weighted by Crippen LogP contribution is 2.28. The summed E-state index contributed by atoms with van der Waals surface area (Å²) < 4.78 is 7.41. The molecule has 0 radical (unpaired) electrons. The zero-order valence-electron chi connectivity index (χ0n) is 16.5. The van der Waals surface area contributed by atoms with E-state index in [1.807, 2.05) is 47.9 Å². The molecule has 0 fully saturated rings. The highest BCUT2D eigenvalue weighted by Gasteiger charge is 2.17. The zero-order chi connectivity index (χ0) is 21.8. The van der Waals surface area contributed by atoms with Gasteiger partial charge in [-0.1, -0.05) is 53.2 Å². The van der Waals surface area contributed by atoms with E-state index in [1.165, 1.54) is 11.8 Å². The highest BCUT2D eigenvalue weighted by molar-refractivity contribution is 7.99. The molecule has 0 unspecified atom stereocenters. The van der Waals surface area contributed by atoms with Gasteiger partial charge in [-0.05, 0) is 48.9 Å². The Hall–Kier alpha value is -2.74. The maximum Gasteiger partial charge on any atom is 0.234 e. The minimum atomic E-state index is -0.160. The van der Waals surface area contributed by atoms with Crippen molar-refractivity contribution in [2.45, 2.75) is 18.6 Å². The van der Waals surface area contributed by atoms with Gasteiger partial charge in [0.2, 0.25) is 5.91 Å². The molecule has 0 aliphatic heterocycles. The van der Waals surface area contributed by atoms with Gasteiger partial charge in [0.1, 0.15) is 5.76 Å². The Morgan fingerprint density at radius 2 is 1.97 bits per heavy atom. The highest BCUT2D eigenvalue weighted by atomic mass is 35.5. The van der Waals surface area contributed by atoms with Crippen molar-refractivity contribution in [3.05, 3.63) is 82.2 Å². The van der Waals surface area contributed by atoms with Crippen LogP contribution in [0.15, 0.2) is 70.4 Å². The van der Waals surface area contributed by atoms with Gasteiger partial charge < -0.3 is 9.73 Å². The Bertz CT molecular complexity index is 1210. The van der Waals surface area contributed by atoms with Crippen molar-refractivity contribution in [1.29, 1.82) is 0 Å². The summed E-state index contributed by atoms with van der Waals surface area (Å²) >= 11 is 13.6. The number of hydrogen-bond donors (Lipinski definition) is 1. The first-order valence-corrected chi connectivity index (χ1v) is 11.1. The number of hydrogen-bond acceptors (Lipinski definition) is 5. The summed E-state index contributed by atoms with van der Waals surface area (Å²) in [6.07, 6.45) is 1.62. The maximum absolute atomic E-state index is 12.5. The molecule has 158 valence electrons. The Labute approximate surface area is 193 Å². The van der Waals surface area contributed by atoms with Crippen LogP contribution in [-0.2, 0) is 11.3 Å². The van der Waals surface area contributed by atoms with E-state index in [1.54, 1.807) is 24.5 Å². The van der Waals surface area contributed by atoms with Crippen LogP contribution in [0.25, 0.3) is 11.4 Å². The molecule has 0 saturated heterocycles. The van der Waals surface area contributed by atoms with Crippen molar-refractivity contribution < 1.29 is 9.21 Å². The van der Waals surface area contributed by atoms with E-state index in [-0.39, 0.29) is 11.7 Å². The van der Waals surface area contributed by atoms with Crippen LogP contribution in [0.4, 0.5) is 5.69 Å². The second-order valence-electron chi connectivity index (χ2n) is 6.73. The quantitative estimate of drug-likeness (QED) is 0.337. The minimum Gasteiger partial charge on any atom is -0.467 e. The lowest BCUT2D eigenvalue weighted by atomic mass is 10.2. The van der Waals surface area contributed by atoms with Crippen molar-refractivity contribution in [3.63, 3.8) is 0 Å². The van der Waals surface area contributed by atoms with Crippen molar-refractivity contribution in [1.82, 2.24) is 14.8 Å². The Kier molecular flexibility index (Phi) is 6.65. The summed E-state index contributed by atoms with van der Waals surface area (Å²) in [4.78, 5) is 12.5. The molecule has 2 heterocycles. The lowest BCUT2D eigenvalue weighted by molar-refractivity contribution is -0.113. The van der Waals surface area contributed by atoms with Crippen LogP contribution in [0.3, 0.4) is 0 Å². The first-order valence-electron chi connectivity index (χ1n) is 9.40. The van der Waals surface area contributed by atoms with Crippen LogP contribution in [0, 0.1) is 6.92 Å². The monoisotopic (exact) mass is 472 g/mol. The standard InChI is InChI=1S/C22H18Cl2N4O2S/c1-14-18(24)8-3-9-19(14)25-20(29)13-31-22-27-26-21(15-5-2-6-16(23)11-15)28(22)12-17-7-4-10-30-17/h2-11H,12-13H2,1H3,(H,25,29). The number of carbonyl (C=O) groups is 1. The van der Waals surface area contributed by atoms with E-state index in [0.717, 1.165) is 16.9 Å². The Balaban J connectivity index is 1.55. The zero-order valence-corrected chi connectivity index (χ0v) is 18.8. The molecular weight excluding hydrogens is 455 g/mol. The van der Waals surface area contributed by atoms with E-state index in [4.69, 9.17) is 27.6 Å². The van der Waals surface area contributed by atoms with E-state index >= 15 is 0 Å². The fraction of sp³-hybridized carbons (Fsp3) is 0.136. The molecule has 4 aromatic rings. The summed E-state index contributed by atoms with van der Waals surface area (Å²) in [7, 11) is 0. The molecule has 0 atom stereocenters. The predicted octanol–water partition coefficient (Wildman–Crippen LogP) is 5.93. The van der Waals surface area contributed by atoms with Gasteiger partial charge in [0.15, 0.2) is 11.0 Å². The number of nitrogens with zero attached hydrogens (tertiary/aromatic N) is 3. The van der Waals surface area contributed by atoms with Crippen molar-refractivity contribution in [3.8, 4) is 11.4 Å². The number of furan rings is 1. The van der Waals surface area contributed by atoms with Crippen molar-refractivity contribution in [2.24, 2.45) is 0 Å². The molecule has 0 spiro atoms. The lowest BCUT2D eigenvalue weighted by Gasteiger charge is -2.11. The number of rotatable bonds is 7. The SMILES string of the molecule is Cc1c(Cl)cccc1NC(=O)CSc1nnc(-c2cccc(Cl)c2)n1Cc1ccco1. The smallest absolute Gasteiger partial charge is 0.234 e. The molecule has 6 nitrogen and oxygen atoms in total. The van der Waals surface area contributed by atoms with Gasteiger partial charge in [-0.2, -0.15) is 0 Å². The van der Waals surface area contributed by atoms with Gasteiger partial charge in [0.25, 0.3) is 0 Å². The van der Waals surface area contributed by atoms with Gasteiger partial charge in [-0.15, -0.1) is 10.2 Å². The Morgan fingerprint density at radius 1 is 1.13 bits per heavy atom. The van der Waals surface area contributed by atoms with Crippen LogP contribution in [0.5, 0.6) is 0 Å². The van der Waals surface area contributed by atoms with Gasteiger partial charge in [-0.25, -0.2) is 0 Å². The predicted molar refractivity (Wildman–Crippen MR) is 124 cm³/mol. The van der Waals surface area contributed by atoms with Crippen molar-refractivity contribution in [2.75, 3.05) is 11.1 Å². The van der Waals surface area contributed by atoms with Gasteiger partial charge in [0.05, 0.1) is 18.6 Å². The average Bonchev–Trinajstić information content (AvgIpc) is 3.40. The number of aromatic nitrogens is 3. The second kappa shape index (κ2) is 9.60. The van der Waals surface area contributed by atoms with Crippen LogP contribution in [-0.4, -0.2) is 26.4 Å². The third-order valence-electron chi connectivity index (χ3n) is 4.57. The lowest BCUT2D eigenvalue weighted by Crippen LogP contribution is -2.15. The first-order chi connectivity index (χ1) is 15.0. The molecule has 2 aromatic heterocycles. The number of nitrogens with one attached hydrogen (secondary N) is 1. The molecule has 0 aliphatic rings. The number of anilines is 1. The number of amides is 1. The number of benzene rings is 2. The fourth-order valence-electron chi connectivity index (χ4n) is 3.00. The largest absolute Gasteiger partial charge is 0.467 e. The average molecular weight is 473 g/mol. The molecular formula is C22H18Cl2N4O2S. The third-order valence-corrected chi connectivity index (χ3v) is 6.18. The molecule has 9 heteroatoms. The van der Waals surface area contributed by atoms with E-state index in [9.17, 15) is 4.79 Å². The summed E-state index contributed by atoms with van der Waals surface area (Å²) in [5.41, 5.74) is 2.35.